The molecule has 102 valence electrons. The minimum absolute atomic E-state index is 0.184. The summed E-state index contributed by atoms with van der Waals surface area (Å²) >= 11 is 0. The van der Waals surface area contributed by atoms with Gasteiger partial charge in [0.05, 0.1) is 13.2 Å². The lowest BCUT2D eigenvalue weighted by molar-refractivity contribution is 0.0449. The van der Waals surface area contributed by atoms with Gasteiger partial charge in [0.2, 0.25) is 0 Å². The van der Waals surface area contributed by atoms with E-state index in [2.05, 4.69) is 22.0 Å². The molecule has 0 aliphatic carbocycles. The van der Waals surface area contributed by atoms with Crippen molar-refractivity contribution in [2.24, 2.45) is 5.92 Å². The van der Waals surface area contributed by atoms with Crippen LogP contribution in [0.2, 0.25) is 0 Å². The van der Waals surface area contributed by atoms with Crippen LogP contribution in [-0.4, -0.2) is 46.5 Å². The molecular weight excluding hydrogens is 234 g/mol. The second-order valence-corrected chi connectivity index (χ2v) is 4.88. The van der Waals surface area contributed by atoms with Crippen LogP contribution in [0.5, 0.6) is 0 Å². The highest BCUT2D eigenvalue weighted by molar-refractivity contribution is 4.89. The van der Waals surface area contributed by atoms with Crippen LogP contribution in [0.1, 0.15) is 31.5 Å². The lowest BCUT2D eigenvalue weighted by Crippen LogP contribution is -2.46. The third-order valence-corrected chi connectivity index (χ3v) is 3.54. The normalized spacial score (nSPS) is 25.5. The molecular formula is C12H21N3O3. The van der Waals surface area contributed by atoms with Crippen LogP contribution in [0.15, 0.2) is 4.52 Å². The summed E-state index contributed by atoms with van der Waals surface area (Å²) in [5.74, 6) is 1.67. The number of aliphatic hydroxyl groups is 1. The number of ether oxygens (including phenoxy) is 1. The molecule has 6 heteroatoms. The Morgan fingerprint density at radius 3 is 3.11 bits per heavy atom. The highest BCUT2D eigenvalue weighted by atomic mass is 16.5. The first kappa shape index (κ1) is 13.5. The van der Waals surface area contributed by atoms with Crippen molar-refractivity contribution in [3.8, 4) is 0 Å². The Morgan fingerprint density at radius 1 is 1.56 bits per heavy atom. The Kier molecular flexibility index (Phi) is 4.68. The van der Waals surface area contributed by atoms with Gasteiger partial charge in [0.25, 0.3) is 5.89 Å². The third kappa shape index (κ3) is 3.07. The summed E-state index contributed by atoms with van der Waals surface area (Å²) in [6.07, 6.45) is 2.32. The number of hydrogen-bond donors (Lipinski definition) is 1. The van der Waals surface area contributed by atoms with Gasteiger partial charge in [0.15, 0.2) is 5.82 Å². The predicted molar refractivity (Wildman–Crippen MR) is 64.7 cm³/mol. The van der Waals surface area contributed by atoms with Gasteiger partial charge in [0.1, 0.15) is 6.61 Å². The van der Waals surface area contributed by atoms with Gasteiger partial charge in [-0.2, -0.15) is 4.98 Å². The van der Waals surface area contributed by atoms with Crippen molar-refractivity contribution in [3.05, 3.63) is 11.7 Å². The number of aromatic nitrogens is 2. The SMILES string of the molecule is COCc1nc(CN2CCCC(C)C2CO)no1. The average molecular weight is 255 g/mol. The lowest BCUT2D eigenvalue weighted by Gasteiger charge is -2.38. The molecule has 18 heavy (non-hydrogen) atoms. The Hall–Kier alpha value is -0.980. The second kappa shape index (κ2) is 6.26. The first-order valence-electron chi connectivity index (χ1n) is 6.40. The average Bonchev–Trinajstić information content (AvgIpc) is 2.77. The quantitative estimate of drug-likeness (QED) is 0.839. The molecule has 2 unspecified atom stereocenters. The Labute approximate surface area is 107 Å². The van der Waals surface area contributed by atoms with E-state index in [1.165, 1.54) is 6.42 Å². The maximum atomic E-state index is 9.47. The molecule has 6 nitrogen and oxygen atoms in total. The third-order valence-electron chi connectivity index (χ3n) is 3.54. The van der Waals surface area contributed by atoms with Gasteiger partial charge in [0, 0.05) is 13.2 Å². The molecule has 0 spiro atoms. The van der Waals surface area contributed by atoms with Crippen LogP contribution in [-0.2, 0) is 17.9 Å². The van der Waals surface area contributed by atoms with Gasteiger partial charge in [-0.3, -0.25) is 4.90 Å². The molecule has 0 aromatic carbocycles. The molecule has 0 bridgehead atoms. The number of piperidine rings is 1. The molecule has 1 saturated heterocycles. The summed E-state index contributed by atoms with van der Waals surface area (Å²) in [7, 11) is 1.60. The molecule has 2 rings (SSSR count). The van der Waals surface area contributed by atoms with E-state index in [0.29, 0.717) is 30.8 Å². The molecule has 1 aromatic rings. The van der Waals surface area contributed by atoms with E-state index in [1.807, 2.05) is 0 Å². The van der Waals surface area contributed by atoms with Gasteiger partial charge in [-0.05, 0) is 25.3 Å². The zero-order chi connectivity index (χ0) is 13.0. The fourth-order valence-corrected chi connectivity index (χ4v) is 2.54. The summed E-state index contributed by atoms with van der Waals surface area (Å²) in [6, 6.07) is 0.197. The highest BCUT2D eigenvalue weighted by Gasteiger charge is 2.28. The number of nitrogens with zero attached hydrogens (tertiary/aromatic N) is 3. The molecule has 1 N–H and O–H groups in total. The number of methoxy groups -OCH3 is 1. The standard InChI is InChI=1S/C12H21N3O3/c1-9-4-3-5-15(10(9)7-16)6-11-13-12(8-17-2)18-14-11/h9-10,16H,3-8H2,1-2H3. The monoisotopic (exact) mass is 255 g/mol. The van der Waals surface area contributed by atoms with Gasteiger partial charge < -0.3 is 14.4 Å². The van der Waals surface area contributed by atoms with Gasteiger partial charge in [-0.15, -0.1) is 0 Å². The first-order valence-corrected chi connectivity index (χ1v) is 6.40. The fraction of sp³-hybridized carbons (Fsp3) is 0.833. The highest BCUT2D eigenvalue weighted by Crippen LogP contribution is 2.24. The molecule has 1 fully saturated rings. The van der Waals surface area contributed by atoms with Crippen LogP contribution in [0.4, 0.5) is 0 Å². The molecule has 2 heterocycles. The smallest absolute Gasteiger partial charge is 0.252 e. The van der Waals surface area contributed by atoms with Crippen molar-refractivity contribution in [2.75, 3.05) is 20.3 Å². The lowest BCUT2D eigenvalue weighted by atomic mass is 9.91. The van der Waals surface area contributed by atoms with E-state index in [1.54, 1.807) is 7.11 Å². The van der Waals surface area contributed by atoms with Gasteiger partial charge in [-0.1, -0.05) is 12.1 Å². The number of rotatable bonds is 5. The van der Waals surface area contributed by atoms with Crippen molar-refractivity contribution in [2.45, 2.75) is 39.0 Å². The largest absolute Gasteiger partial charge is 0.395 e. The number of aliphatic hydroxyl groups excluding tert-OH is 1. The van der Waals surface area contributed by atoms with E-state index in [-0.39, 0.29) is 12.6 Å². The summed E-state index contributed by atoms with van der Waals surface area (Å²) < 4.78 is 10.0. The van der Waals surface area contributed by atoms with Crippen LogP contribution < -0.4 is 0 Å². The van der Waals surface area contributed by atoms with Crippen LogP contribution >= 0.6 is 0 Å². The summed E-state index contributed by atoms with van der Waals surface area (Å²) in [6.45, 7) is 4.31. The van der Waals surface area contributed by atoms with Gasteiger partial charge in [-0.25, -0.2) is 0 Å². The van der Waals surface area contributed by atoms with Crippen LogP contribution in [0, 0.1) is 5.92 Å². The van der Waals surface area contributed by atoms with Crippen molar-refractivity contribution >= 4 is 0 Å². The molecule has 0 saturated carbocycles. The molecule has 1 aliphatic heterocycles. The number of likely N-dealkylation sites (tertiary alicyclic amines) is 1. The second-order valence-electron chi connectivity index (χ2n) is 4.88. The van der Waals surface area contributed by atoms with Gasteiger partial charge >= 0.3 is 0 Å². The van der Waals surface area contributed by atoms with E-state index in [4.69, 9.17) is 9.26 Å². The summed E-state index contributed by atoms with van der Waals surface area (Å²) in [4.78, 5) is 6.49. The topological polar surface area (TPSA) is 71.6 Å². The van der Waals surface area contributed by atoms with Crippen molar-refractivity contribution < 1.29 is 14.4 Å². The zero-order valence-electron chi connectivity index (χ0n) is 11.0. The molecule has 0 radical (unpaired) electrons. The minimum atomic E-state index is 0.184. The Balaban J connectivity index is 1.97. The van der Waals surface area contributed by atoms with Crippen LogP contribution in [0.3, 0.4) is 0 Å². The Bertz CT molecular complexity index is 369. The van der Waals surface area contributed by atoms with Crippen molar-refractivity contribution in [1.82, 2.24) is 15.0 Å². The zero-order valence-corrected chi connectivity index (χ0v) is 11.0. The first-order chi connectivity index (χ1) is 8.74. The molecule has 2 atom stereocenters. The molecule has 1 aromatic heterocycles. The maximum absolute atomic E-state index is 9.47. The van der Waals surface area contributed by atoms with E-state index < -0.39 is 0 Å². The van der Waals surface area contributed by atoms with Crippen molar-refractivity contribution in [3.63, 3.8) is 0 Å². The summed E-state index contributed by atoms with van der Waals surface area (Å²) in [5, 5.41) is 13.4. The summed E-state index contributed by atoms with van der Waals surface area (Å²) in [5.41, 5.74) is 0. The minimum Gasteiger partial charge on any atom is -0.395 e. The molecule has 1 aliphatic rings. The van der Waals surface area contributed by atoms with E-state index in [0.717, 1.165) is 13.0 Å². The van der Waals surface area contributed by atoms with E-state index in [9.17, 15) is 5.11 Å². The predicted octanol–water partition coefficient (Wildman–Crippen LogP) is 0.809. The van der Waals surface area contributed by atoms with E-state index >= 15 is 0 Å². The molecule has 0 amide bonds. The fourth-order valence-electron chi connectivity index (χ4n) is 2.54. The van der Waals surface area contributed by atoms with Crippen molar-refractivity contribution in [1.29, 1.82) is 0 Å². The maximum Gasteiger partial charge on any atom is 0.252 e. The number of hydrogen-bond acceptors (Lipinski definition) is 6. The Morgan fingerprint density at radius 2 is 2.39 bits per heavy atom. The van der Waals surface area contributed by atoms with Crippen LogP contribution in [0.25, 0.3) is 0 Å².